The number of hydrogen-bond donors (Lipinski definition) is 2. The third-order valence-corrected chi connectivity index (χ3v) is 2.97. The molecule has 1 rings (SSSR count). The summed E-state index contributed by atoms with van der Waals surface area (Å²) in [5.74, 6) is 1.09. The molecule has 0 fully saturated rings. The van der Waals surface area contributed by atoms with Gasteiger partial charge in [-0.25, -0.2) is 0 Å². The first-order chi connectivity index (χ1) is 10.4. The molecule has 0 aliphatic carbocycles. The second-order valence-corrected chi connectivity index (χ2v) is 5.07. The molecule has 0 radical (unpaired) electrons. The molecule has 2 N–H and O–H groups in total. The van der Waals surface area contributed by atoms with Crippen LogP contribution in [0.3, 0.4) is 0 Å². The van der Waals surface area contributed by atoms with E-state index in [-0.39, 0.29) is 17.4 Å². The molecule has 1 aromatic carbocycles. The van der Waals surface area contributed by atoms with E-state index in [1.165, 1.54) is 0 Å². The van der Waals surface area contributed by atoms with Crippen LogP contribution in [0.4, 0.5) is 0 Å². The van der Waals surface area contributed by atoms with Gasteiger partial charge in [0.1, 0.15) is 5.75 Å². The third-order valence-electron chi connectivity index (χ3n) is 2.97. The van der Waals surface area contributed by atoms with Crippen molar-refractivity contribution in [2.45, 2.75) is 33.8 Å². The third kappa shape index (κ3) is 4.35. The number of carbonyl (C=O) groups is 1. The van der Waals surface area contributed by atoms with Crippen molar-refractivity contribution in [2.75, 3.05) is 13.7 Å². The van der Waals surface area contributed by atoms with Crippen LogP contribution in [0, 0.1) is 12.3 Å². The van der Waals surface area contributed by atoms with Gasteiger partial charge in [0.15, 0.2) is 12.2 Å². The molecule has 0 saturated heterocycles. The Morgan fingerprint density at radius 1 is 1.41 bits per heavy atom. The Balaban J connectivity index is 3.16. The number of aryl methyl sites for hydroxylation is 1. The molecule has 5 heteroatoms. The normalized spacial score (nSPS) is 11.7. The van der Waals surface area contributed by atoms with Gasteiger partial charge < -0.3 is 14.8 Å². The zero-order valence-electron chi connectivity index (χ0n) is 13.8. The van der Waals surface area contributed by atoms with E-state index in [0.717, 1.165) is 11.3 Å². The van der Waals surface area contributed by atoms with Crippen molar-refractivity contribution in [3.63, 3.8) is 0 Å². The number of hydrogen-bond acceptors (Lipinski definition) is 5. The van der Waals surface area contributed by atoms with Crippen LogP contribution in [0.2, 0.25) is 0 Å². The van der Waals surface area contributed by atoms with Gasteiger partial charge in [-0.3, -0.25) is 10.2 Å². The first-order valence-corrected chi connectivity index (χ1v) is 7.31. The fourth-order valence-electron chi connectivity index (χ4n) is 2.00. The Bertz CT molecular complexity index is 577. The maximum absolute atomic E-state index is 11.3. The van der Waals surface area contributed by atoms with Crippen LogP contribution in [0.25, 0.3) is 0 Å². The summed E-state index contributed by atoms with van der Waals surface area (Å²) in [6.45, 7) is 8.08. The van der Waals surface area contributed by atoms with Gasteiger partial charge in [0, 0.05) is 12.6 Å². The maximum Gasteiger partial charge on any atom is 0.199 e. The monoisotopic (exact) mass is 304 g/mol. The Kier molecular flexibility index (Phi) is 6.63. The van der Waals surface area contributed by atoms with Gasteiger partial charge in [0.2, 0.25) is 0 Å². The van der Waals surface area contributed by atoms with E-state index >= 15 is 0 Å². The lowest BCUT2D eigenvalue weighted by Gasteiger charge is -2.15. The second-order valence-electron chi connectivity index (χ2n) is 5.07. The number of rotatable bonds is 8. The van der Waals surface area contributed by atoms with Crippen molar-refractivity contribution < 1.29 is 14.3 Å². The van der Waals surface area contributed by atoms with Gasteiger partial charge in [0.25, 0.3) is 0 Å². The summed E-state index contributed by atoms with van der Waals surface area (Å²) >= 11 is 0. The summed E-state index contributed by atoms with van der Waals surface area (Å²) in [6.07, 6.45) is 0.723. The predicted molar refractivity (Wildman–Crippen MR) is 87.5 cm³/mol. The average Bonchev–Trinajstić information content (AvgIpc) is 2.48. The van der Waals surface area contributed by atoms with E-state index in [1.54, 1.807) is 13.1 Å². The molecule has 0 spiro atoms. The van der Waals surface area contributed by atoms with Crippen molar-refractivity contribution in [1.29, 1.82) is 5.41 Å². The van der Waals surface area contributed by atoms with E-state index in [4.69, 9.17) is 14.9 Å². The minimum absolute atomic E-state index is 0.0864. The van der Waals surface area contributed by atoms with Gasteiger partial charge in [0.05, 0.1) is 24.0 Å². The quantitative estimate of drug-likeness (QED) is 0.335. The highest BCUT2D eigenvalue weighted by Gasteiger charge is 2.15. The summed E-state index contributed by atoms with van der Waals surface area (Å²) < 4.78 is 11.0. The molecule has 0 bridgehead atoms. The first-order valence-electron chi connectivity index (χ1n) is 7.31. The van der Waals surface area contributed by atoms with Gasteiger partial charge >= 0.3 is 0 Å². The van der Waals surface area contributed by atoms with Crippen molar-refractivity contribution in [2.24, 2.45) is 0 Å². The topological polar surface area (TPSA) is 71.4 Å². The summed E-state index contributed by atoms with van der Waals surface area (Å²) in [5, 5.41) is 11.1. The largest absolute Gasteiger partial charge is 0.491 e. The molecule has 0 aliphatic rings. The molecule has 0 saturated carbocycles. The van der Waals surface area contributed by atoms with Crippen molar-refractivity contribution in [3.05, 3.63) is 40.8 Å². The Labute approximate surface area is 131 Å². The minimum Gasteiger partial charge on any atom is -0.491 e. The zero-order valence-corrected chi connectivity index (χ0v) is 13.8. The van der Waals surface area contributed by atoms with Gasteiger partial charge in [-0.1, -0.05) is 0 Å². The highest BCUT2D eigenvalue weighted by Crippen LogP contribution is 2.22. The Morgan fingerprint density at radius 2 is 2.09 bits per heavy atom. The molecule has 0 aliphatic heterocycles. The average molecular weight is 304 g/mol. The highest BCUT2D eigenvalue weighted by molar-refractivity contribution is 6.21. The summed E-state index contributed by atoms with van der Waals surface area (Å²) in [7, 11) is 1.66. The molecule has 0 aromatic heterocycles. The Morgan fingerprint density at radius 3 is 2.55 bits per heavy atom. The van der Waals surface area contributed by atoms with Crippen molar-refractivity contribution in [1.82, 2.24) is 5.32 Å². The molecule has 5 nitrogen and oxygen atoms in total. The second kappa shape index (κ2) is 8.22. The van der Waals surface area contributed by atoms with E-state index in [9.17, 15) is 4.79 Å². The SMILES string of the molecule is CCO/C(NC)=C(\C=O)C(=N)c1ccc(OC(C)C)c(C)c1. The van der Waals surface area contributed by atoms with E-state index in [1.807, 2.05) is 39.8 Å². The van der Waals surface area contributed by atoms with Crippen LogP contribution in [0.5, 0.6) is 5.75 Å². The van der Waals surface area contributed by atoms with Crippen LogP contribution in [-0.2, 0) is 9.53 Å². The predicted octanol–water partition coefficient (Wildman–Crippen LogP) is 2.82. The molecule has 1 aromatic rings. The van der Waals surface area contributed by atoms with Crippen LogP contribution < -0.4 is 10.1 Å². The number of carbonyl (C=O) groups excluding carboxylic acids is 1. The molecule has 0 heterocycles. The molecular weight excluding hydrogens is 280 g/mol. The first kappa shape index (κ1) is 17.8. The maximum atomic E-state index is 11.3. The molecule has 0 amide bonds. The number of allylic oxidation sites excluding steroid dienone is 1. The fraction of sp³-hybridized carbons (Fsp3) is 0.412. The molecule has 0 atom stereocenters. The zero-order chi connectivity index (χ0) is 16.7. The van der Waals surface area contributed by atoms with E-state index < -0.39 is 0 Å². The lowest BCUT2D eigenvalue weighted by molar-refractivity contribution is -0.104. The smallest absolute Gasteiger partial charge is 0.199 e. The van der Waals surface area contributed by atoms with Crippen LogP contribution in [0.1, 0.15) is 31.9 Å². The molecular formula is C17H24N2O3. The minimum atomic E-state index is 0.0864. The summed E-state index contributed by atoms with van der Waals surface area (Å²) in [4.78, 5) is 11.3. The molecule has 120 valence electrons. The van der Waals surface area contributed by atoms with Gasteiger partial charge in [-0.05, 0) is 51.5 Å². The summed E-state index contributed by atoms with van der Waals surface area (Å²) in [5.41, 5.74) is 1.88. The van der Waals surface area contributed by atoms with Crippen LogP contribution >= 0.6 is 0 Å². The molecule has 22 heavy (non-hydrogen) atoms. The lowest BCUT2D eigenvalue weighted by Crippen LogP contribution is -2.18. The fourth-order valence-corrected chi connectivity index (χ4v) is 2.00. The summed E-state index contributed by atoms with van der Waals surface area (Å²) in [6, 6.07) is 5.43. The number of nitrogens with one attached hydrogen (secondary N) is 2. The van der Waals surface area contributed by atoms with Crippen molar-refractivity contribution >= 4 is 12.0 Å². The Hall–Kier alpha value is -2.30. The van der Waals surface area contributed by atoms with E-state index in [0.29, 0.717) is 24.3 Å². The standard InChI is InChI=1S/C17H24N2O3/c1-6-21-17(19-5)14(10-20)16(18)13-7-8-15(12(4)9-13)22-11(2)3/h7-11,18-19H,6H2,1-5H3/b17-14+,18-16?. The van der Waals surface area contributed by atoms with Crippen LogP contribution in [-0.4, -0.2) is 31.8 Å². The van der Waals surface area contributed by atoms with E-state index in [2.05, 4.69) is 5.32 Å². The number of benzene rings is 1. The van der Waals surface area contributed by atoms with Crippen LogP contribution in [0.15, 0.2) is 29.7 Å². The number of aldehydes is 1. The number of ether oxygens (including phenoxy) is 2. The van der Waals surface area contributed by atoms with Gasteiger partial charge in [-0.2, -0.15) is 0 Å². The van der Waals surface area contributed by atoms with Gasteiger partial charge in [-0.15, -0.1) is 0 Å². The highest BCUT2D eigenvalue weighted by atomic mass is 16.5. The van der Waals surface area contributed by atoms with Crippen molar-refractivity contribution in [3.8, 4) is 5.75 Å². The lowest BCUT2D eigenvalue weighted by atomic mass is 10.0. The molecule has 0 unspecified atom stereocenters.